The van der Waals surface area contributed by atoms with Crippen LogP contribution >= 0.6 is 23.5 Å². The molecule has 0 spiro atoms. The molecule has 6 N–H and O–H groups in total. The lowest BCUT2D eigenvalue weighted by Crippen LogP contribution is -2.41. The quantitative estimate of drug-likeness (QED) is 0.0385. The number of carboxylic acid groups (broad SMARTS) is 1. The summed E-state index contributed by atoms with van der Waals surface area (Å²) in [5.41, 5.74) is 5.78. The number of aromatic carboxylic acids is 1. The number of carboxylic acids is 1. The first-order valence-corrected chi connectivity index (χ1v) is 30.1. The molecule has 4 aromatic carbocycles. The maximum Gasteiger partial charge on any atom is 0.407 e. The first-order chi connectivity index (χ1) is 36.6. The van der Waals surface area contributed by atoms with Crippen LogP contribution in [0.4, 0.5) is 29.7 Å². The number of ether oxygens (including phenoxy) is 2. The normalized spacial score (nSPS) is 12.4. The smallest absolute Gasteiger partial charge is 0.407 e. The van der Waals surface area contributed by atoms with Gasteiger partial charge in [0.05, 0.1) is 20.9 Å². The van der Waals surface area contributed by atoms with Crippen LogP contribution in [0.1, 0.15) is 118 Å². The number of nitrogens with one attached hydrogen (secondary N) is 3. The fraction of sp³-hybridized carbons (Fsp3) is 0.429. The van der Waals surface area contributed by atoms with Crippen molar-refractivity contribution in [1.29, 1.82) is 0 Å². The van der Waals surface area contributed by atoms with Crippen LogP contribution in [0.5, 0.6) is 0 Å². The van der Waals surface area contributed by atoms with Gasteiger partial charge in [-0.15, -0.1) is 23.5 Å². The van der Waals surface area contributed by atoms with Crippen LogP contribution in [-0.4, -0.2) is 115 Å². The number of hydrogen-bond donors (Lipinski definition) is 5. The molecular formula is C56H78F2N6O11S4. The van der Waals surface area contributed by atoms with Gasteiger partial charge in [-0.1, -0.05) is 24.3 Å². The fourth-order valence-electron chi connectivity index (χ4n) is 7.17. The minimum atomic E-state index is -3.69. The van der Waals surface area contributed by atoms with Gasteiger partial charge in [0, 0.05) is 69.9 Å². The van der Waals surface area contributed by atoms with Crippen molar-refractivity contribution in [1.82, 2.24) is 19.2 Å². The standard InChI is InChI=1S/C28H38FN3O5S2.C16H20FNO4S.C12H20N2O2S/c1-19(2)32(20(3)4)39(35,36)23-14-12-22(13-15-23)31-26(33)24-10-8-9-11-25(24)38-18-21(29)16-17-30-27(34)37-28(5,6)7;1-16(2,3)22-15(21)18-9-8-11(17)10-23-13-7-5-4-6-12(13)14(19)20;1-9(2)14(10(3)4)17(15,16)12-7-5-11(13)6-8-12/h8-16,19-20H,17-18H2,1-7H3,(H,30,34)(H,31,33);4-8H,9-10H2,1-3H3,(H,18,21)(H,19,20);5-10H,13H2,1-4H3/b21-16-;11-8-;. The number of nitrogen functional groups attached to an aromatic ring is 1. The molecule has 3 amide bonds. The number of benzene rings is 4. The van der Waals surface area contributed by atoms with Crippen molar-refractivity contribution in [2.45, 2.75) is 152 Å². The summed E-state index contributed by atoms with van der Waals surface area (Å²) in [6.45, 7) is 25.2. The Labute approximate surface area is 474 Å². The van der Waals surface area contributed by atoms with Gasteiger partial charge < -0.3 is 36.3 Å². The summed E-state index contributed by atoms with van der Waals surface area (Å²) in [5.74, 6) is -2.42. The summed E-state index contributed by atoms with van der Waals surface area (Å²) in [4.78, 5) is 48.6. The van der Waals surface area contributed by atoms with E-state index < -0.39 is 67.0 Å². The average molecular weight is 1180 g/mol. The van der Waals surface area contributed by atoms with Gasteiger partial charge >= 0.3 is 18.2 Å². The molecule has 0 bridgehead atoms. The zero-order chi connectivity index (χ0) is 60.1. The number of hydrogen-bond acceptors (Lipinski definition) is 13. The number of sulfonamides is 2. The van der Waals surface area contributed by atoms with Crippen LogP contribution in [0.2, 0.25) is 0 Å². The van der Waals surface area contributed by atoms with E-state index in [1.54, 1.807) is 120 Å². The molecule has 0 unspecified atom stereocenters. The van der Waals surface area contributed by atoms with Crippen LogP contribution in [-0.2, 0) is 29.5 Å². The van der Waals surface area contributed by atoms with E-state index in [0.717, 1.165) is 23.5 Å². The second kappa shape index (κ2) is 31.7. The van der Waals surface area contributed by atoms with Gasteiger partial charge in [0.15, 0.2) is 0 Å². The summed E-state index contributed by atoms with van der Waals surface area (Å²) >= 11 is 2.23. The number of amides is 3. The Balaban J connectivity index is 0.000000449. The van der Waals surface area contributed by atoms with Crippen LogP contribution in [0.25, 0.3) is 0 Å². The topological polar surface area (TPSA) is 244 Å². The summed E-state index contributed by atoms with van der Waals surface area (Å²) in [7, 11) is -7.13. The third-order valence-corrected chi connectivity index (χ3v) is 16.8. The molecule has 79 heavy (non-hydrogen) atoms. The fourth-order valence-corrected chi connectivity index (χ4v) is 12.6. The zero-order valence-corrected chi connectivity index (χ0v) is 50.7. The van der Waals surface area contributed by atoms with Crippen LogP contribution in [0, 0.1) is 0 Å². The highest BCUT2D eigenvalue weighted by molar-refractivity contribution is 7.99. The van der Waals surface area contributed by atoms with Crippen LogP contribution in [0.3, 0.4) is 0 Å². The molecule has 0 saturated heterocycles. The first kappa shape index (κ1) is 69.1. The molecule has 0 atom stereocenters. The number of anilines is 2. The van der Waals surface area contributed by atoms with Crippen molar-refractivity contribution in [3.05, 3.63) is 132 Å². The maximum absolute atomic E-state index is 14.3. The van der Waals surface area contributed by atoms with Gasteiger partial charge in [0.25, 0.3) is 5.91 Å². The molecule has 0 heterocycles. The van der Waals surface area contributed by atoms with E-state index in [-0.39, 0.29) is 64.1 Å². The SMILES string of the molecule is CC(C)(C)OC(=O)NC/C=C(\F)CSc1ccccc1C(=O)O.CC(C)N(C(C)C)S(=O)(=O)c1ccc(N)cc1.CC(C)N(C(C)C)S(=O)(=O)c1ccc(NC(=O)c2ccccc2SC/C(F)=C/CNC(=O)OC(C)(C)C)cc1. The van der Waals surface area contributed by atoms with E-state index in [1.165, 1.54) is 39.0 Å². The Kier molecular flexibility index (Phi) is 27.8. The lowest BCUT2D eigenvalue weighted by Gasteiger charge is -2.29. The van der Waals surface area contributed by atoms with E-state index in [4.69, 9.17) is 20.3 Å². The molecule has 0 radical (unpaired) electrons. The van der Waals surface area contributed by atoms with Crippen LogP contribution < -0.4 is 21.7 Å². The zero-order valence-electron chi connectivity index (χ0n) is 47.4. The number of rotatable bonds is 21. The largest absolute Gasteiger partial charge is 0.478 e. The van der Waals surface area contributed by atoms with Gasteiger partial charge in [-0.05, 0) is 182 Å². The Hall–Kier alpha value is -5.98. The Morgan fingerprint density at radius 3 is 1.28 bits per heavy atom. The average Bonchev–Trinajstić information content (AvgIpc) is 3.31. The highest BCUT2D eigenvalue weighted by Gasteiger charge is 2.31. The Bertz CT molecular complexity index is 2910. The van der Waals surface area contributed by atoms with Crippen molar-refractivity contribution in [3.8, 4) is 0 Å². The maximum atomic E-state index is 14.3. The second-order valence-electron chi connectivity index (χ2n) is 20.5. The van der Waals surface area contributed by atoms with E-state index in [2.05, 4.69) is 16.0 Å². The van der Waals surface area contributed by atoms with Gasteiger partial charge in [-0.3, -0.25) is 4.79 Å². The third kappa shape index (κ3) is 24.5. The lowest BCUT2D eigenvalue weighted by molar-refractivity contribution is 0.0522. The molecule has 0 aliphatic carbocycles. The minimum absolute atomic E-state index is 0.00187. The molecule has 4 aromatic rings. The third-order valence-electron chi connectivity index (χ3n) is 10.1. The number of thioether (sulfide) groups is 2. The second-order valence-corrected chi connectivity index (χ2v) is 26.3. The van der Waals surface area contributed by atoms with Gasteiger partial charge in [0.1, 0.15) is 22.9 Å². The number of carbonyl (C=O) groups is 4. The lowest BCUT2D eigenvalue weighted by atomic mass is 10.2. The van der Waals surface area contributed by atoms with Crippen LogP contribution in [0.15, 0.2) is 140 Å². The van der Waals surface area contributed by atoms with Crippen molar-refractivity contribution < 1.29 is 59.4 Å². The van der Waals surface area contributed by atoms with E-state index in [0.29, 0.717) is 26.7 Å². The van der Waals surface area contributed by atoms with E-state index in [9.17, 15) is 44.8 Å². The van der Waals surface area contributed by atoms with E-state index >= 15 is 0 Å². The number of nitrogens with two attached hydrogens (primary N) is 1. The van der Waals surface area contributed by atoms with Gasteiger partial charge in [-0.25, -0.2) is 40.0 Å². The number of carbonyl (C=O) groups excluding carboxylic acids is 3. The predicted molar refractivity (Wildman–Crippen MR) is 312 cm³/mol. The van der Waals surface area contributed by atoms with E-state index in [1.807, 2.05) is 55.4 Å². The first-order valence-electron chi connectivity index (χ1n) is 25.2. The number of alkyl carbamates (subject to hydrolysis) is 2. The highest BCUT2D eigenvalue weighted by Crippen LogP contribution is 2.28. The van der Waals surface area contributed by atoms with Crippen molar-refractivity contribution >= 4 is 79.0 Å². The number of halogens is 2. The summed E-state index contributed by atoms with van der Waals surface area (Å²) < 4.78 is 92.1. The molecule has 17 nitrogen and oxygen atoms in total. The summed E-state index contributed by atoms with van der Waals surface area (Å²) in [6, 6.07) is 25.0. The Morgan fingerprint density at radius 2 is 0.924 bits per heavy atom. The molecule has 0 aliphatic rings. The van der Waals surface area contributed by atoms with Crippen molar-refractivity contribution in [2.24, 2.45) is 0 Å². The summed E-state index contributed by atoms with van der Waals surface area (Å²) in [6.07, 6.45) is 1.21. The monoisotopic (exact) mass is 1180 g/mol. The van der Waals surface area contributed by atoms with Gasteiger partial charge in [0.2, 0.25) is 20.0 Å². The molecule has 0 fully saturated rings. The molecule has 0 saturated carbocycles. The molecule has 4 rings (SSSR count). The molecule has 23 heteroatoms. The highest BCUT2D eigenvalue weighted by atomic mass is 32.2. The predicted octanol–water partition coefficient (Wildman–Crippen LogP) is 12.1. The van der Waals surface area contributed by atoms with Crippen molar-refractivity contribution in [2.75, 3.05) is 35.6 Å². The van der Waals surface area contributed by atoms with Crippen molar-refractivity contribution in [3.63, 3.8) is 0 Å². The minimum Gasteiger partial charge on any atom is -0.478 e. The molecule has 0 aliphatic heterocycles. The molecular weight excluding hydrogens is 1100 g/mol. The summed E-state index contributed by atoms with van der Waals surface area (Å²) in [5, 5.41) is 16.7. The Morgan fingerprint density at radius 1 is 0.582 bits per heavy atom. The molecule has 0 aromatic heterocycles. The molecule has 436 valence electrons. The van der Waals surface area contributed by atoms with Gasteiger partial charge in [-0.2, -0.15) is 8.61 Å². The number of nitrogens with zero attached hydrogens (tertiary/aromatic N) is 2.